The van der Waals surface area contributed by atoms with Crippen LogP contribution in [0.3, 0.4) is 0 Å². The molecule has 0 bridgehead atoms. The molecule has 0 N–H and O–H groups in total. The molecule has 0 aromatic rings. The Bertz CT molecular complexity index is 349. The Morgan fingerprint density at radius 3 is 2.00 bits per heavy atom. The van der Waals surface area contributed by atoms with Gasteiger partial charge in [-0.15, -0.1) is 0 Å². The second-order valence-electron chi connectivity index (χ2n) is 6.83. The highest BCUT2D eigenvalue weighted by molar-refractivity contribution is 6.66. The van der Waals surface area contributed by atoms with E-state index in [4.69, 9.17) is 13.6 Å². The number of carbonyl (C=O) groups is 1. The molecule has 0 saturated carbocycles. The van der Waals surface area contributed by atoms with Crippen LogP contribution >= 0.6 is 0 Å². The predicted octanol–water partition coefficient (Wildman–Crippen LogP) is 6.11. The average molecular weight is 373 g/mol. The molecule has 0 aromatic carbocycles. The van der Waals surface area contributed by atoms with E-state index < -0.39 is 20.8 Å². The summed E-state index contributed by atoms with van der Waals surface area (Å²) >= 11 is 0. The second kappa shape index (κ2) is 15.6. The van der Waals surface area contributed by atoms with E-state index in [-0.39, 0.29) is 0 Å². The summed E-state index contributed by atoms with van der Waals surface area (Å²) in [6, 6.07) is 0.938. The Labute approximate surface area is 156 Å². The summed E-state index contributed by atoms with van der Waals surface area (Å²) in [6.45, 7) is 12.1. The van der Waals surface area contributed by atoms with Gasteiger partial charge >= 0.3 is 14.5 Å². The molecule has 0 heterocycles. The van der Waals surface area contributed by atoms with Gasteiger partial charge in [0.1, 0.15) is 0 Å². The van der Waals surface area contributed by atoms with Gasteiger partial charge in [-0.25, -0.2) is 4.79 Å². The highest BCUT2D eigenvalue weighted by Crippen LogP contribution is 2.21. The Morgan fingerprint density at radius 1 is 1.00 bits per heavy atom. The first kappa shape index (κ1) is 24.3. The molecule has 0 fully saturated rings. The lowest BCUT2D eigenvalue weighted by atomic mass is 10.1. The van der Waals surface area contributed by atoms with E-state index >= 15 is 0 Å². The molecule has 0 aliphatic carbocycles. The fraction of sp³-hybridized carbons (Fsp3) is 0.850. The predicted molar refractivity (Wildman–Crippen MR) is 107 cm³/mol. The molecular weight excluding hydrogens is 332 g/mol. The smallest absolute Gasteiger partial charge is 0.337 e. The minimum Gasteiger partial charge on any atom is -0.434 e. The van der Waals surface area contributed by atoms with E-state index in [0.717, 1.165) is 18.5 Å². The van der Waals surface area contributed by atoms with Crippen molar-refractivity contribution in [3.8, 4) is 0 Å². The molecule has 0 rings (SSSR count). The van der Waals surface area contributed by atoms with E-state index in [1.807, 2.05) is 6.92 Å². The molecule has 0 saturated heterocycles. The number of hydrogen-bond donors (Lipinski definition) is 0. The lowest BCUT2D eigenvalue weighted by Gasteiger charge is -2.29. The van der Waals surface area contributed by atoms with Gasteiger partial charge in [0.15, 0.2) is 6.29 Å². The molecule has 0 aliphatic heterocycles. The fourth-order valence-corrected chi connectivity index (χ4v) is 5.57. The minimum atomic E-state index is -2.29. The molecule has 0 aliphatic rings. The average Bonchev–Trinajstić information content (AvgIpc) is 2.56. The zero-order valence-electron chi connectivity index (χ0n) is 17.0. The van der Waals surface area contributed by atoms with E-state index in [0.29, 0.717) is 6.61 Å². The number of hydrogen-bond acceptors (Lipinski definition) is 4. The zero-order valence-corrected chi connectivity index (χ0v) is 18.0. The summed E-state index contributed by atoms with van der Waals surface area (Å²) in [6.07, 6.45) is 13.7. The Balaban J connectivity index is 3.90. The molecule has 148 valence electrons. The summed E-state index contributed by atoms with van der Waals surface area (Å²) in [5.41, 5.74) is 0. The van der Waals surface area contributed by atoms with Gasteiger partial charge in [0.2, 0.25) is 0 Å². The van der Waals surface area contributed by atoms with Crippen molar-refractivity contribution in [2.75, 3.05) is 6.61 Å². The minimum absolute atomic E-state index is 0.459. The number of esters is 1. The van der Waals surface area contributed by atoms with Crippen LogP contribution in [0.5, 0.6) is 0 Å². The van der Waals surface area contributed by atoms with Crippen molar-refractivity contribution < 1.29 is 18.4 Å². The van der Waals surface area contributed by atoms with Gasteiger partial charge in [-0.3, -0.25) is 0 Å². The zero-order chi connectivity index (χ0) is 19.0. The van der Waals surface area contributed by atoms with Gasteiger partial charge < -0.3 is 13.6 Å². The maximum absolute atomic E-state index is 11.3. The summed E-state index contributed by atoms with van der Waals surface area (Å²) < 4.78 is 17.0. The molecular formula is C20H40O4Si. The van der Waals surface area contributed by atoms with E-state index in [1.54, 1.807) is 6.92 Å². The Morgan fingerprint density at radius 2 is 1.52 bits per heavy atom. The monoisotopic (exact) mass is 372 g/mol. The highest BCUT2D eigenvalue weighted by atomic mass is 28.4. The maximum Gasteiger partial charge on any atom is 0.337 e. The topological polar surface area (TPSA) is 44.8 Å². The third-order valence-corrected chi connectivity index (χ3v) is 7.29. The SMILES string of the molecule is C=CC(=O)OC(C)O[Si](C)(CCCCCCCCCCCC)OCC. The number of unbranched alkanes of at least 4 members (excludes halogenated alkanes) is 9. The summed E-state index contributed by atoms with van der Waals surface area (Å²) in [7, 11) is -2.29. The quantitative estimate of drug-likeness (QED) is 0.102. The van der Waals surface area contributed by atoms with Crippen LogP contribution < -0.4 is 0 Å². The highest BCUT2D eigenvalue weighted by Gasteiger charge is 2.33. The standard InChI is InChI=1S/C20H40O4Si/c1-6-9-10-11-12-13-14-15-16-17-18-25(5,22-8-3)24-19(4)23-20(21)7-2/h7,19H,2,6,8-18H2,1,3-5H3. The third kappa shape index (κ3) is 14.2. The first-order valence-electron chi connectivity index (χ1n) is 10.1. The first-order valence-corrected chi connectivity index (χ1v) is 12.6. The van der Waals surface area contributed by atoms with E-state index in [1.165, 1.54) is 57.8 Å². The van der Waals surface area contributed by atoms with Gasteiger partial charge in [0.05, 0.1) is 0 Å². The number of carbonyl (C=O) groups excluding carboxylic acids is 1. The Kier molecular flexibility index (Phi) is 15.2. The van der Waals surface area contributed by atoms with Gasteiger partial charge in [0, 0.05) is 12.7 Å². The van der Waals surface area contributed by atoms with Crippen molar-refractivity contribution in [2.24, 2.45) is 0 Å². The van der Waals surface area contributed by atoms with Crippen LogP contribution in [-0.2, 0) is 18.4 Å². The van der Waals surface area contributed by atoms with Crippen LogP contribution in [0.15, 0.2) is 12.7 Å². The van der Waals surface area contributed by atoms with E-state index in [2.05, 4.69) is 20.0 Å². The van der Waals surface area contributed by atoms with Gasteiger partial charge in [0.25, 0.3) is 0 Å². The van der Waals surface area contributed by atoms with Gasteiger partial charge in [-0.1, -0.05) is 77.7 Å². The summed E-state index contributed by atoms with van der Waals surface area (Å²) in [5, 5.41) is 0. The molecule has 0 radical (unpaired) electrons. The number of rotatable bonds is 17. The van der Waals surface area contributed by atoms with Crippen molar-refractivity contribution in [3.63, 3.8) is 0 Å². The summed E-state index contributed by atoms with van der Waals surface area (Å²) in [4.78, 5) is 11.3. The molecule has 0 aromatic heterocycles. The van der Waals surface area contributed by atoms with Crippen LogP contribution in [0.2, 0.25) is 12.6 Å². The third-order valence-electron chi connectivity index (χ3n) is 4.30. The lowest BCUT2D eigenvalue weighted by molar-refractivity contribution is -0.157. The van der Waals surface area contributed by atoms with Crippen LogP contribution in [0, 0.1) is 0 Å². The largest absolute Gasteiger partial charge is 0.434 e. The molecule has 2 unspecified atom stereocenters. The van der Waals surface area contributed by atoms with Gasteiger partial charge in [-0.05, 0) is 26.4 Å². The summed E-state index contributed by atoms with van der Waals surface area (Å²) in [5.74, 6) is -0.459. The van der Waals surface area contributed by atoms with Crippen molar-refractivity contribution in [1.29, 1.82) is 0 Å². The lowest BCUT2D eigenvalue weighted by Crippen LogP contribution is -2.42. The first-order chi connectivity index (χ1) is 12.0. The second-order valence-corrected chi connectivity index (χ2v) is 10.1. The van der Waals surface area contributed by atoms with Crippen LogP contribution in [0.4, 0.5) is 0 Å². The Hall–Kier alpha value is -0.653. The van der Waals surface area contributed by atoms with Crippen LogP contribution in [0.1, 0.15) is 85.0 Å². The molecule has 25 heavy (non-hydrogen) atoms. The normalized spacial score (nSPS) is 14.7. The van der Waals surface area contributed by atoms with Crippen LogP contribution in [0.25, 0.3) is 0 Å². The molecule has 4 nitrogen and oxygen atoms in total. The number of ether oxygens (including phenoxy) is 1. The van der Waals surface area contributed by atoms with E-state index in [9.17, 15) is 4.79 Å². The van der Waals surface area contributed by atoms with Crippen LogP contribution in [-0.4, -0.2) is 27.4 Å². The van der Waals surface area contributed by atoms with Crippen molar-refractivity contribution in [2.45, 2.75) is 104 Å². The van der Waals surface area contributed by atoms with Crippen molar-refractivity contribution in [3.05, 3.63) is 12.7 Å². The van der Waals surface area contributed by atoms with Gasteiger partial charge in [-0.2, -0.15) is 0 Å². The molecule has 0 spiro atoms. The molecule has 2 atom stereocenters. The maximum atomic E-state index is 11.3. The molecule has 5 heteroatoms. The van der Waals surface area contributed by atoms with Crippen molar-refractivity contribution >= 4 is 14.5 Å². The van der Waals surface area contributed by atoms with Crippen molar-refractivity contribution in [1.82, 2.24) is 0 Å². The molecule has 0 amide bonds. The fourth-order valence-electron chi connectivity index (χ4n) is 2.99.